The summed E-state index contributed by atoms with van der Waals surface area (Å²) in [6.07, 6.45) is 2.33. The van der Waals surface area contributed by atoms with Crippen molar-refractivity contribution >= 4 is 39.2 Å². The lowest BCUT2D eigenvalue weighted by atomic mass is 9.90. The van der Waals surface area contributed by atoms with Crippen LogP contribution in [0.3, 0.4) is 0 Å². The lowest BCUT2D eigenvalue weighted by Crippen LogP contribution is -2.27. The number of ether oxygens (including phenoxy) is 1. The zero-order valence-corrected chi connectivity index (χ0v) is 22.1. The predicted molar refractivity (Wildman–Crippen MR) is 135 cm³/mol. The van der Waals surface area contributed by atoms with Crippen molar-refractivity contribution in [3.63, 3.8) is 0 Å². The van der Waals surface area contributed by atoms with Gasteiger partial charge in [0.05, 0.1) is 11.0 Å². The van der Waals surface area contributed by atoms with Crippen molar-refractivity contribution in [1.82, 2.24) is 10.3 Å². The van der Waals surface area contributed by atoms with Gasteiger partial charge in [-0.25, -0.2) is 4.98 Å². The largest absolute Gasteiger partial charge is 0.430 e. The fourth-order valence-corrected chi connectivity index (χ4v) is 4.38. The molecule has 0 saturated carbocycles. The van der Waals surface area contributed by atoms with Crippen molar-refractivity contribution in [2.45, 2.75) is 54.4 Å². The number of benzene rings is 1. The molecule has 1 aromatic carbocycles. The minimum Gasteiger partial charge on any atom is -0.430 e. The highest BCUT2D eigenvalue weighted by Gasteiger charge is 2.38. The minimum absolute atomic E-state index is 0.0530. The fraction of sp³-hybridized carbons (Fsp3) is 0.407. The molecule has 1 aliphatic carbocycles. The van der Waals surface area contributed by atoms with E-state index in [9.17, 15) is 14.4 Å². The van der Waals surface area contributed by atoms with Crippen molar-refractivity contribution in [3.8, 4) is 0 Å². The fourth-order valence-electron chi connectivity index (χ4n) is 4.15. The Morgan fingerprint density at radius 3 is 2.35 bits per heavy atom. The lowest BCUT2D eigenvalue weighted by molar-refractivity contribution is -0.148. The third-order valence-electron chi connectivity index (χ3n) is 5.82. The average Bonchev–Trinajstić information content (AvgIpc) is 3.02. The maximum Gasteiger partial charge on any atom is 0.316 e. The highest BCUT2D eigenvalue weighted by atomic mass is 79.9. The second-order valence-corrected chi connectivity index (χ2v) is 10.8. The van der Waals surface area contributed by atoms with Crippen LogP contribution in [0.25, 0.3) is 5.57 Å². The van der Waals surface area contributed by atoms with E-state index < -0.39 is 5.41 Å². The molecule has 1 aliphatic rings. The first-order chi connectivity index (χ1) is 15.9. The number of pyridine rings is 1. The van der Waals surface area contributed by atoms with Gasteiger partial charge < -0.3 is 10.1 Å². The molecular formula is C27H31BrN2O4. The van der Waals surface area contributed by atoms with E-state index in [1.807, 2.05) is 32.9 Å². The molecule has 1 aromatic heterocycles. The summed E-state index contributed by atoms with van der Waals surface area (Å²) in [6.45, 7) is 11.6. The number of ketones is 1. The number of esters is 1. The van der Waals surface area contributed by atoms with E-state index in [0.717, 1.165) is 26.7 Å². The monoisotopic (exact) mass is 526 g/mol. The number of Topliss-reactive ketones (excluding diaryl/α,β-unsaturated/α-hetero) is 1. The highest BCUT2D eigenvalue weighted by molar-refractivity contribution is 9.10. The summed E-state index contributed by atoms with van der Waals surface area (Å²) in [5, 5.41) is 2.84. The van der Waals surface area contributed by atoms with E-state index in [1.165, 1.54) is 0 Å². The zero-order valence-electron chi connectivity index (χ0n) is 20.5. The van der Waals surface area contributed by atoms with Crippen molar-refractivity contribution in [3.05, 3.63) is 68.6 Å². The molecule has 1 unspecified atom stereocenters. The normalized spacial score (nSPS) is 16.1. The van der Waals surface area contributed by atoms with Gasteiger partial charge >= 0.3 is 5.97 Å². The van der Waals surface area contributed by atoms with Gasteiger partial charge in [-0.2, -0.15) is 0 Å². The Hall–Kier alpha value is -2.80. The summed E-state index contributed by atoms with van der Waals surface area (Å²) >= 11 is 3.30. The van der Waals surface area contributed by atoms with Gasteiger partial charge in [0.1, 0.15) is 11.5 Å². The van der Waals surface area contributed by atoms with Crippen LogP contribution in [0.15, 0.2) is 40.7 Å². The van der Waals surface area contributed by atoms with Gasteiger partial charge in [0.25, 0.3) is 5.91 Å². The van der Waals surface area contributed by atoms with Gasteiger partial charge in [0.2, 0.25) is 0 Å². The van der Waals surface area contributed by atoms with Crippen molar-refractivity contribution < 1.29 is 19.1 Å². The molecule has 1 heterocycles. The molecule has 1 amide bonds. The molecule has 1 N–H and O–H groups in total. The van der Waals surface area contributed by atoms with Gasteiger partial charge in [-0.15, -0.1) is 0 Å². The van der Waals surface area contributed by atoms with Crippen LogP contribution < -0.4 is 5.32 Å². The predicted octanol–water partition coefficient (Wildman–Crippen LogP) is 5.48. The number of rotatable bonds is 6. The van der Waals surface area contributed by atoms with E-state index >= 15 is 0 Å². The molecule has 0 bridgehead atoms. The van der Waals surface area contributed by atoms with Crippen LogP contribution in [-0.4, -0.2) is 29.2 Å². The van der Waals surface area contributed by atoms with Crippen LogP contribution in [0.1, 0.15) is 66.4 Å². The number of allylic oxidation sites excluding steroid dienone is 2. The minimum atomic E-state index is -0.692. The van der Waals surface area contributed by atoms with Crippen LogP contribution in [-0.2, 0) is 14.3 Å². The van der Waals surface area contributed by atoms with Crippen LogP contribution in [0, 0.1) is 32.1 Å². The average molecular weight is 527 g/mol. The Morgan fingerprint density at radius 1 is 1.15 bits per heavy atom. The Bertz CT molecular complexity index is 1140. The molecule has 6 nitrogen and oxygen atoms in total. The molecule has 3 rings (SSSR count). The van der Waals surface area contributed by atoms with Crippen LogP contribution >= 0.6 is 15.9 Å². The van der Waals surface area contributed by atoms with Gasteiger partial charge in [-0.1, -0.05) is 17.7 Å². The molecule has 180 valence electrons. The number of aryl methyl sites for hydroxylation is 3. The van der Waals surface area contributed by atoms with Gasteiger partial charge in [0, 0.05) is 29.6 Å². The molecule has 34 heavy (non-hydrogen) atoms. The summed E-state index contributed by atoms with van der Waals surface area (Å²) in [5.74, 6) is -0.675. The number of aromatic nitrogens is 1. The number of halogens is 1. The number of hydrogen-bond acceptors (Lipinski definition) is 5. The third-order valence-corrected chi connectivity index (χ3v) is 6.29. The Morgan fingerprint density at radius 2 is 1.79 bits per heavy atom. The number of amides is 1. The summed E-state index contributed by atoms with van der Waals surface area (Å²) in [5.41, 5.74) is 3.99. The molecular weight excluding hydrogens is 496 g/mol. The summed E-state index contributed by atoms with van der Waals surface area (Å²) in [4.78, 5) is 42.7. The summed E-state index contributed by atoms with van der Waals surface area (Å²) in [7, 11) is 0. The van der Waals surface area contributed by atoms with Crippen LogP contribution in [0.4, 0.5) is 0 Å². The van der Waals surface area contributed by atoms with E-state index in [-0.39, 0.29) is 23.6 Å². The maximum absolute atomic E-state index is 13.5. The van der Waals surface area contributed by atoms with Crippen LogP contribution in [0.2, 0.25) is 0 Å². The van der Waals surface area contributed by atoms with Crippen molar-refractivity contribution in [2.75, 3.05) is 6.54 Å². The number of hydrogen-bond donors (Lipinski definition) is 1. The van der Waals surface area contributed by atoms with Gasteiger partial charge in [-0.3, -0.25) is 14.4 Å². The first-order valence-electron chi connectivity index (χ1n) is 11.4. The van der Waals surface area contributed by atoms with E-state index in [2.05, 4.69) is 26.2 Å². The number of nitrogens with zero attached hydrogens (tertiary/aromatic N) is 1. The molecule has 0 fully saturated rings. The standard InChI is InChI=1S/C27H31BrN2O4/c1-15-11-16(2)22(17(3)12-15)23-21(34-26(33)27(4,5)6)13-18(24(23)31)9-10-29-25(32)20-8-7-19(28)14-30-20/h7-8,11-12,14,18H,9-10,13H2,1-6H3,(H,29,32). The summed E-state index contributed by atoms with van der Waals surface area (Å²) in [6, 6.07) is 7.45. The van der Waals surface area contributed by atoms with Crippen molar-refractivity contribution in [2.24, 2.45) is 11.3 Å². The highest BCUT2D eigenvalue weighted by Crippen LogP contribution is 2.40. The number of nitrogens with one attached hydrogen (secondary N) is 1. The number of carbonyl (C=O) groups excluding carboxylic acids is 3. The first-order valence-corrected chi connectivity index (χ1v) is 12.2. The van der Waals surface area contributed by atoms with E-state index in [1.54, 1.807) is 39.1 Å². The smallest absolute Gasteiger partial charge is 0.316 e. The Kier molecular flexibility index (Phi) is 7.76. The molecule has 2 aromatic rings. The molecule has 0 spiro atoms. The van der Waals surface area contributed by atoms with Crippen LogP contribution in [0.5, 0.6) is 0 Å². The third kappa shape index (κ3) is 5.81. The summed E-state index contributed by atoms with van der Waals surface area (Å²) < 4.78 is 6.60. The zero-order chi connectivity index (χ0) is 25.2. The van der Waals surface area contributed by atoms with E-state index in [0.29, 0.717) is 36.4 Å². The molecule has 0 radical (unpaired) electrons. The molecule has 1 atom stereocenters. The first kappa shape index (κ1) is 25.8. The van der Waals surface area contributed by atoms with Crippen molar-refractivity contribution in [1.29, 1.82) is 0 Å². The van der Waals surface area contributed by atoms with E-state index in [4.69, 9.17) is 4.74 Å². The number of carbonyl (C=O) groups is 3. The molecule has 0 saturated heterocycles. The maximum atomic E-state index is 13.5. The quantitative estimate of drug-likeness (QED) is 0.503. The Balaban J connectivity index is 1.81. The molecule has 7 heteroatoms. The SMILES string of the molecule is Cc1cc(C)c(C2=C(OC(=O)C(C)(C)C)CC(CCNC(=O)c3ccc(Br)cn3)C2=O)c(C)c1. The topological polar surface area (TPSA) is 85.4 Å². The molecule has 0 aliphatic heterocycles. The Labute approximate surface area is 209 Å². The van der Waals surface area contributed by atoms with Gasteiger partial charge in [0.15, 0.2) is 5.78 Å². The second kappa shape index (κ2) is 10.2. The second-order valence-electron chi connectivity index (χ2n) is 9.88. The lowest BCUT2D eigenvalue weighted by Gasteiger charge is -2.18. The van der Waals surface area contributed by atoms with Gasteiger partial charge in [-0.05, 0) is 92.7 Å².